The van der Waals surface area contributed by atoms with Gasteiger partial charge in [-0.15, -0.1) is 0 Å². The minimum atomic E-state index is -1.02. The third kappa shape index (κ3) is 3.96. The molecule has 0 spiro atoms. The Bertz CT molecular complexity index is 1290. The first kappa shape index (κ1) is 20.6. The Morgan fingerprint density at radius 3 is 2.73 bits per heavy atom. The molecular weight excluding hydrogens is 419 g/mol. The minimum absolute atomic E-state index is 0.0288. The number of nitrogen functional groups attached to an aromatic ring is 1. The van der Waals surface area contributed by atoms with E-state index in [4.69, 9.17) is 5.73 Å². The third-order valence-electron chi connectivity index (χ3n) is 7.10. The van der Waals surface area contributed by atoms with Crippen molar-refractivity contribution in [1.29, 1.82) is 0 Å². The summed E-state index contributed by atoms with van der Waals surface area (Å²) in [7, 11) is 0. The molecule has 3 aromatic rings. The van der Waals surface area contributed by atoms with Crippen LogP contribution in [-0.2, 0) is 0 Å². The van der Waals surface area contributed by atoms with Gasteiger partial charge in [0.2, 0.25) is 5.95 Å². The first-order valence-electron chi connectivity index (χ1n) is 11.6. The summed E-state index contributed by atoms with van der Waals surface area (Å²) in [6.45, 7) is 4.86. The van der Waals surface area contributed by atoms with Crippen molar-refractivity contribution in [2.75, 3.05) is 25.4 Å². The maximum atomic E-state index is 14.7. The summed E-state index contributed by atoms with van der Waals surface area (Å²) < 4.78 is 16.9. The number of nitrogens with two attached hydrogens (primary N) is 1. The van der Waals surface area contributed by atoms with Gasteiger partial charge >= 0.3 is 0 Å². The lowest BCUT2D eigenvalue weighted by atomic mass is 10.0. The van der Waals surface area contributed by atoms with E-state index in [2.05, 4.69) is 36.3 Å². The highest BCUT2D eigenvalue weighted by molar-refractivity contribution is 5.95. The van der Waals surface area contributed by atoms with Gasteiger partial charge in [-0.05, 0) is 56.4 Å². The van der Waals surface area contributed by atoms with Crippen molar-refractivity contribution in [3.63, 3.8) is 0 Å². The molecule has 3 N–H and O–H groups in total. The third-order valence-corrected chi connectivity index (χ3v) is 7.10. The van der Waals surface area contributed by atoms with E-state index in [1.165, 1.54) is 19.4 Å². The molecule has 1 atom stereocenters. The van der Waals surface area contributed by atoms with E-state index in [1.54, 1.807) is 13.1 Å². The van der Waals surface area contributed by atoms with E-state index < -0.39 is 11.4 Å². The normalized spacial score (nSPS) is 20.8. The van der Waals surface area contributed by atoms with E-state index in [1.807, 2.05) is 12.3 Å². The Morgan fingerprint density at radius 2 is 2.00 bits per heavy atom. The molecule has 0 radical (unpaired) electrons. The van der Waals surface area contributed by atoms with Crippen molar-refractivity contribution >= 4 is 16.9 Å². The average Bonchev–Trinajstić information content (AvgIpc) is 3.68. The van der Waals surface area contributed by atoms with Crippen LogP contribution in [-0.4, -0.2) is 54.8 Å². The Hall–Kier alpha value is -3.02. The number of rotatable bonds is 5. The van der Waals surface area contributed by atoms with Gasteiger partial charge in [0, 0.05) is 36.8 Å². The molecule has 2 saturated carbocycles. The predicted molar refractivity (Wildman–Crippen MR) is 124 cm³/mol. The highest BCUT2D eigenvalue weighted by Crippen LogP contribution is 2.39. The lowest BCUT2D eigenvalue weighted by molar-refractivity contribution is 0.0980. The lowest BCUT2D eigenvalue weighted by Crippen LogP contribution is -2.48. The molecule has 3 fully saturated rings. The first-order valence-corrected chi connectivity index (χ1v) is 11.6. The quantitative estimate of drug-likeness (QED) is 0.586. The predicted octanol–water partition coefficient (Wildman–Crippen LogP) is 2.99. The van der Waals surface area contributed by atoms with E-state index in [-0.39, 0.29) is 17.6 Å². The number of nitrogens with zero attached hydrogens (tertiary/aromatic N) is 5. The molecule has 170 valence electrons. The molecule has 4 heterocycles. The van der Waals surface area contributed by atoms with Crippen LogP contribution < -0.4 is 5.73 Å². The van der Waals surface area contributed by atoms with Crippen LogP contribution in [0.4, 0.5) is 10.3 Å². The van der Waals surface area contributed by atoms with Crippen LogP contribution in [0.25, 0.3) is 22.2 Å². The topological polar surface area (TPSA) is 93.1 Å². The second-order valence-corrected chi connectivity index (χ2v) is 9.95. The van der Waals surface area contributed by atoms with E-state index in [0.717, 1.165) is 48.9 Å². The van der Waals surface area contributed by atoms with Gasteiger partial charge in [0.05, 0.1) is 24.0 Å². The molecule has 3 aliphatic rings. The highest BCUT2D eigenvalue weighted by atomic mass is 19.1. The Balaban J connectivity index is 1.40. The largest absolute Gasteiger partial charge is 0.378 e. The number of halogens is 1. The van der Waals surface area contributed by atoms with Crippen LogP contribution in [0.5, 0.6) is 0 Å². The number of aromatic nitrogens is 4. The van der Waals surface area contributed by atoms with E-state index in [0.29, 0.717) is 17.3 Å². The van der Waals surface area contributed by atoms with Crippen molar-refractivity contribution in [3.8, 4) is 23.1 Å². The molecule has 0 aromatic carbocycles. The molecule has 7 nitrogen and oxygen atoms in total. The number of pyridine rings is 1. The summed E-state index contributed by atoms with van der Waals surface area (Å²) in [5, 5.41) is 11.4. The zero-order valence-electron chi connectivity index (χ0n) is 18.6. The molecule has 1 unspecified atom stereocenters. The van der Waals surface area contributed by atoms with Crippen LogP contribution in [0.15, 0.2) is 24.7 Å². The summed E-state index contributed by atoms with van der Waals surface area (Å²) >= 11 is 0. The smallest absolute Gasteiger partial charge is 0.220 e. The van der Waals surface area contributed by atoms with Crippen LogP contribution in [0, 0.1) is 29.5 Å². The molecule has 33 heavy (non-hydrogen) atoms. The molecule has 8 heteroatoms. The van der Waals surface area contributed by atoms with Crippen LogP contribution in [0.2, 0.25) is 0 Å². The van der Waals surface area contributed by atoms with Crippen LogP contribution in [0.1, 0.15) is 44.3 Å². The number of aliphatic hydroxyl groups is 1. The SMILES string of the molecule is CC(O)(C#Cc1cc2c(-c3nc(N)ncc3F)cn(C3CN(CC4CC4)C3)c2cn1)C1CC1. The number of fused-ring (bicyclic) bond motifs is 1. The van der Waals surface area contributed by atoms with Gasteiger partial charge in [-0.1, -0.05) is 5.92 Å². The molecule has 0 bridgehead atoms. The Morgan fingerprint density at radius 1 is 1.21 bits per heavy atom. The highest BCUT2D eigenvalue weighted by Gasteiger charge is 2.38. The summed E-state index contributed by atoms with van der Waals surface area (Å²) in [5.41, 5.74) is 7.04. The summed E-state index contributed by atoms with van der Waals surface area (Å²) in [6.07, 6.45) is 9.52. The number of hydrogen-bond acceptors (Lipinski definition) is 6. The number of likely N-dealkylation sites (tertiary alicyclic amines) is 1. The van der Waals surface area contributed by atoms with Crippen LogP contribution >= 0.6 is 0 Å². The van der Waals surface area contributed by atoms with Crippen LogP contribution in [0.3, 0.4) is 0 Å². The van der Waals surface area contributed by atoms with Gasteiger partial charge in [0.1, 0.15) is 17.0 Å². The maximum absolute atomic E-state index is 14.7. The van der Waals surface area contributed by atoms with E-state index >= 15 is 0 Å². The molecule has 6 rings (SSSR count). The van der Waals surface area contributed by atoms with E-state index in [9.17, 15) is 9.50 Å². The zero-order valence-corrected chi connectivity index (χ0v) is 18.6. The van der Waals surface area contributed by atoms with Gasteiger partial charge in [0.25, 0.3) is 0 Å². The Labute approximate surface area is 191 Å². The fourth-order valence-corrected chi connectivity index (χ4v) is 4.75. The fourth-order valence-electron chi connectivity index (χ4n) is 4.75. The second-order valence-electron chi connectivity index (χ2n) is 9.95. The number of anilines is 1. The van der Waals surface area contributed by atoms with Gasteiger partial charge < -0.3 is 15.4 Å². The molecular formula is C25H27FN6O. The average molecular weight is 447 g/mol. The first-order chi connectivity index (χ1) is 15.9. The van der Waals surface area contributed by atoms with Crippen molar-refractivity contribution in [2.24, 2.45) is 11.8 Å². The molecule has 2 aliphatic carbocycles. The minimum Gasteiger partial charge on any atom is -0.378 e. The number of hydrogen-bond donors (Lipinski definition) is 2. The monoisotopic (exact) mass is 446 g/mol. The van der Waals surface area contributed by atoms with Gasteiger partial charge in [-0.25, -0.2) is 19.3 Å². The van der Waals surface area contributed by atoms with Crippen molar-refractivity contribution in [2.45, 2.75) is 44.2 Å². The zero-order chi connectivity index (χ0) is 22.7. The fraction of sp³-hybridized carbons (Fsp3) is 0.480. The second kappa shape index (κ2) is 7.51. The molecule has 0 amide bonds. The van der Waals surface area contributed by atoms with Gasteiger partial charge in [-0.3, -0.25) is 4.90 Å². The molecule has 1 saturated heterocycles. The van der Waals surface area contributed by atoms with Crippen molar-refractivity contribution in [3.05, 3.63) is 36.2 Å². The van der Waals surface area contributed by atoms with Gasteiger partial charge in [0.15, 0.2) is 5.82 Å². The molecule has 1 aliphatic heterocycles. The maximum Gasteiger partial charge on any atom is 0.220 e. The summed E-state index contributed by atoms with van der Waals surface area (Å²) in [6, 6.07) is 2.16. The summed E-state index contributed by atoms with van der Waals surface area (Å²) in [5.74, 6) is 6.59. The standard InChI is InChI=1S/C25H27FN6O/c1-25(33,16-4-5-16)7-6-17-8-19-20(23-21(26)9-29-24(27)30-23)14-32(22(19)10-28-17)18-12-31(13-18)11-15-2-3-15/h8-10,14-16,18,33H,2-5,11-13H2,1H3,(H2,27,29,30). The van der Waals surface area contributed by atoms with Gasteiger partial charge in [-0.2, -0.15) is 0 Å². The van der Waals surface area contributed by atoms with Crippen molar-refractivity contribution < 1.29 is 9.50 Å². The molecule has 3 aromatic heterocycles. The Kier molecular flexibility index (Phi) is 4.68. The summed E-state index contributed by atoms with van der Waals surface area (Å²) in [4.78, 5) is 15.0. The van der Waals surface area contributed by atoms with Crippen molar-refractivity contribution in [1.82, 2.24) is 24.4 Å². The lowest BCUT2D eigenvalue weighted by Gasteiger charge is -2.40.